The molecule has 1 N–H and O–H groups in total. The summed E-state index contributed by atoms with van der Waals surface area (Å²) in [6.07, 6.45) is 5.54. The van der Waals surface area contributed by atoms with Crippen molar-refractivity contribution in [2.24, 2.45) is 5.92 Å². The fourth-order valence-corrected chi connectivity index (χ4v) is 3.29. The Morgan fingerprint density at radius 3 is 2.42 bits per heavy atom. The molecule has 6 nitrogen and oxygen atoms in total. The molecule has 6 heteroatoms. The summed E-state index contributed by atoms with van der Waals surface area (Å²) >= 11 is 0. The predicted octanol–water partition coefficient (Wildman–Crippen LogP) is 2.88. The largest absolute Gasteiger partial charge is 0.497 e. The predicted molar refractivity (Wildman–Crippen MR) is 96.5 cm³/mol. The van der Waals surface area contributed by atoms with Crippen molar-refractivity contribution in [3.8, 4) is 5.75 Å². The molecule has 0 aliphatic carbocycles. The first-order chi connectivity index (χ1) is 12.6. The summed E-state index contributed by atoms with van der Waals surface area (Å²) < 4.78 is 5.18. The molecule has 0 radical (unpaired) electrons. The number of piperidine rings is 1. The van der Waals surface area contributed by atoms with Gasteiger partial charge in [0.05, 0.1) is 18.2 Å². The highest BCUT2D eigenvalue weighted by molar-refractivity contribution is 5.97. The maximum Gasteiger partial charge on any atom is 0.337 e. The SMILES string of the molecule is COc1ccc(CC2CCN(C(=O)c3cncc(C(=O)O)c3)CC2)cc1. The van der Waals surface area contributed by atoms with E-state index in [1.54, 1.807) is 12.0 Å². The van der Waals surface area contributed by atoms with Gasteiger partial charge < -0.3 is 14.7 Å². The number of carbonyl (C=O) groups excluding carboxylic acids is 1. The van der Waals surface area contributed by atoms with Crippen molar-refractivity contribution < 1.29 is 19.4 Å². The second-order valence-corrected chi connectivity index (χ2v) is 6.56. The van der Waals surface area contributed by atoms with Crippen molar-refractivity contribution in [2.75, 3.05) is 20.2 Å². The molecule has 2 aromatic rings. The van der Waals surface area contributed by atoms with Gasteiger partial charge in [-0.2, -0.15) is 0 Å². The van der Waals surface area contributed by atoms with Gasteiger partial charge in [-0.1, -0.05) is 12.1 Å². The van der Waals surface area contributed by atoms with E-state index in [-0.39, 0.29) is 11.5 Å². The second kappa shape index (κ2) is 7.99. The molecular formula is C20H22N2O4. The molecule has 0 spiro atoms. The molecule has 0 unspecified atom stereocenters. The lowest BCUT2D eigenvalue weighted by molar-refractivity contribution is 0.0690. The number of benzene rings is 1. The number of methoxy groups -OCH3 is 1. The van der Waals surface area contributed by atoms with Crippen LogP contribution in [0, 0.1) is 5.92 Å². The number of carboxylic acids is 1. The van der Waals surface area contributed by atoms with Crippen molar-refractivity contribution >= 4 is 11.9 Å². The minimum Gasteiger partial charge on any atom is -0.497 e. The summed E-state index contributed by atoms with van der Waals surface area (Å²) in [5, 5.41) is 9.04. The van der Waals surface area contributed by atoms with E-state index in [2.05, 4.69) is 17.1 Å². The number of hydrogen-bond acceptors (Lipinski definition) is 4. The summed E-state index contributed by atoms with van der Waals surface area (Å²) in [4.78, 5) is 29.3. The minimum atomic E-state index is -1.08. The highest BCUT2D eigenvalue weighted by Crippen LogP contribution is 2.24. The van der Waals surface area contributed by atoms with Gasteiger partial charge in [0, 0.05) is 25.5 Å². The van der Waals surface area contributed by atoms with Crippen LogP contribution in [0.1, 0.15) is 39.1 Å². The molecule has 2 heterocycles. The molecule has 136 valence electrons. The quantitative estimate of drug-likeness (QED) is 0.893. The Bertz CT molecular complexity index is 781. The van der Waals surface area contributed by atoms with E-state index in [1.165, 1.54) is 24.0 Å². The maximum absolute atomic E-state index is 12.6. The summed E-state index contributed by atoms with van der Waals surface area (Å²) in [7, 11) is 1.66. The van der Waals surface area contributed by atoms with Gasteiger partial charge in [-0.05, 0) is 48.9 Å². The molecule has 26 heavy (non-hydrogen) atoms. The number of aromatic carboxylic acids is 1. The van der Waals surface area contributed by atoms with Gasteiger partial charge in [0.1, 0.15) is 5.75 Å². The third-order valence-corrected chi connectivity index (χ3v) is 4.82. The summed E-state index contributed by atoms with van der Waals surface area (Å²) in [6, 6.07) is 9.49. The topological polar surface area (TPSA) is 79.7 Å². The lowest BCUT2D eigenvalue weighted by atomic mass is 9.90. The number of rotatable bonds is 5. The molecule has 1 fully saturated rings. The van der Waals surface area contributed by atoms with Gasteiger partial charge in [0.15, 0.2) is 0 Å². The highest BCUT2D eigenvalue weighted by Gasteiger charge is 2.24. The number of amides is 1. The first kappa shape index (κ1) is 17.9. The third-order valence-electron chi connectivity index (χ3n) is 4.82. The van der Waals surface area contributed by atoms with Crippen LogP contribution in [0.15, 0.2) is 42.7 Å². The number of pyridine rings is 1. The fraction of sp³-hybridized carbons (Fsp3) is 0.350. The van der Waals surface area contributed by atoms with Crippen molar-refractivity contribution in [1.82, 2.24) is 9.88 Å². The number of ether oxygens (including phenoxy) is 1. The number of hydrogen-bond donors (Lipinski definition) is 1. The first-order valence-corrected chi connectivity index (χ1v) is 8.67. The molecule has 1 aliphatic rings. The monoisotopic (exact) mass is 354 g/mol. The van der Waals surface area contributed by atoms with E-state index in [4.69, 9.17) is 9.84 Å². The Hall–Kier alpha value is -2.89. The normalized spacial score (nSPS) is 14.9. The molecule has 1 aromatic heterocycles. The van der Waals surface area contributed by atoms with Crippen LogP contribution in [-0.2, 0) is 6.42 Å². The van der Waals surface area contributed by atoms with Crippen LogP contribution < -0.4 is 4.74 Å². The van der Waals surface area contributed by atoms with Crippen molar-refractivity contribution in [2.45, 2.75) is 19.3 Å². The van der Waals surface area contributed by atoms with Crippen LogP contribution >= 0.6 is 0 Å². The minimum absolute atomic E-state index is 0.0326. The van der Waals surface area contributed by atoms with Crippen LogP contribution in [0.5, 0.6) is 5.75 Å². The zero-order chi connectivity index (χ0) is 18.5. The van der Waals surface area contributed by atoms with Gasteiger partial charge in [0.2, 0.25) is 0 Å². The van der Waals surface area contributed by atoms with Crippen molar-refractivity contribution in [3.63, 3.8) is 0 Å². The van der Waals surface area contributed by atoms with Gasteiger partial charge in [-0.15, -0.1) is 0 Å². The Kier molecular flexibility index (Phi) is 5.51. The molecular weight excluding hydrogens is 332 g/mol. The van der Waals surface area contributed by atoms with Gasteiger partial charge >= 0.3 is 5.97 Å². The van der Waals surface area contributed by atoms with Crippen LogP contribution in [0.25, 0.3) is 0 Å². The smallest absolute Gasteiger partial charge is 0.337 e. The van der Waals surface area contributed by atoms with E-state index in [1.807, 2.05) is 12.1 Å². The third kappa shape index (κ3) is 4.20. The molecule has 0 atom stereocenters. The molecule has 3 rings (SSSR count). The van der Waals surface area contributed by atoms with Crippen LogP contribution in [0.4, 0.5) is 0 Å². The van der Waals surface area contributed by atoms with Gasteiger partial charge in [-0.25, -0.2) is 4.79 Å². The standard InChI is InChI=1S/C20H22N2O4/c1-26-18-4-2-14(3-5-18)10-15-6-8-22(9-7-15)19(23)16-11-17(20(24)25)13-21-12-16/h2-5,11-13,15H,6-10H2,1H3,(H,24,25). The van der Waals surface area contributed by atoms with E-state index in [0.717, 1.165) is 25.0 Å². The van der Waals surface area contributed by atoms with E-state index < -0.39 is 5.97 Å². The zero-order valence-corrected chi connectivity index (χ0v) is 14.7. The Balaban J connectivity index is 1.56. The maximum atomic E-state index is 12.6. The number of carbonyl (C=O) groups is 2. The number of likely N-dealkylation sites (tertiary alicyclic amines) is 1. The van der Waals surface area contributed by atoms with Gasteiger partial charge in [0.25, 0.3) is 5.91 Å². The van der Waals surface area contributed by atoms with Crippen LogP contribution in [-0.4, -0.2) is 47.1 Å². The average Bonchev–Trinajstić information content (AvgIpc) is 2.68. The lowest BCUT2D eigenvalue weighted by Gasteiger charge is -2.32. The Morgan fingerprint density at radius 2 is 1.81 bits per heavy atom. The van der Waals surface area contributed by atoms with Gasteiger partial charge in [-0.3, -0.25) is 9.78 Å². The summed E-state index contributed by atoms with van der Waals surface area (Å²) in [5.41, 5.74) is 1.64. The summed E-state index contributed by atoms with van der Waals surface area (Å²) in [5.74, 6) is 0.163. The molecule has 0 bridgehead atoms. The first-order valence-electron chi connectivity index (χ1n) is 8.67. The van der Waals surface area contributed by atoms with Crippen LogP contribution in [0.2, 0.25) is 0 Å². The van der Waals surface area contributed by atoms with E-state index >= 15 is 0 Å². The number of nitrogens with zero attached hydrogens (tertiary/aromatic N) is 2. The molecule has 1 aliphatic heterocycles. The summed E-state index contributed by atoms with van der Waals surface area (Å²) in [6.45, 7) is 1.36. The van der Waals surface area contributed by atoms with Crippen LogP contribution in [0.3, 0.4) is 0 Å². The molecule has 1 aromatic carbocycles. The number of carboxylic acid groups (broad SMARTS) is 1. The van der Waals surface area contributed by atoms with Crippen molar-refractivity contribution in [1.29, 1.82) is 0 Å². The average molecular weight is 354 g/mol. The zero-order valence-electron chi connectivity index (χ0n) is 14.7. The molecule has 1 saturated heterocycles. The van der Waals surface area contributed by atoms with E-state index in [0.29, 0.717) is 24.6 Å². The lowest BCUT2D eigenvalue weighted by Crippen LogP contribution is -2.39. The molecule has 0 saturated carbocycles. The fourth-order valence-electron chi connectivity index (χ4n) is 3.29. The Morgan fingerprint density at radius 1 is 1.15 bits per heavy atom. The Labute approximate surface area is 152 Å². The second-order valence-electron chi connectivity index (χ2n) is 6.56. The van der Waals surface area contributed by atoms with Crippen molar-refractivity contribution in [3.05, 3.63) is 59.4 Å². The highest BCUT2D eigenvalue weighted by atomic mass is 16.5. The molecule has 1 amide bonds. The van der Waals surface area contributed by atoms with E-state index in [9.17, 15) is 9.59 Å². The number of aromatic nitrogens is 1.